The van der Waals surface area contributed by atoms with Crippen molar-refractivity contribution in [2.75, 3.05) is 6.54 Å². The molecule has 0 unspecified atom stereocenters. The highest BCUT2D eigenvalue weighted by Gasteiger charge is 2.27. The topological polar surface area (TPSA) is 64.3 Å². The lowest BCUT2D eigenvalue weighted by atomic mass is 9.88. The second kappa shape index (κ2) is 6.23. The van der Waals surface area contributed by atoms with E-state index in [1.807, 2.05) is 10.8 Å². The van der Waals surface area contributed by atoms with Crippen LogP contribution in [0.1, 0.15) is 25.7 Å². The van der Waals surface area contributed by atoms with Crippen LogP contribution in [0.15, 0.2) is 23.7 Å². The van der Waals surface area contributed by atoms with Gasteiger partial charge in [-0.25, -0.2) is 4.98 Å². The van der Waals surface area contributed by atoms with Crippen molar-refractivity contribution in [2.45, 2.75) is 32.2 Å². The molecule has 5 heteroatoms. The standard InChI is InChI=1S/C13H17N3O2/c17-12-3-1-4-13(18)11(12)9-14-5-2-7-16-8-6-15-10-16/h6,8-11H,1-5,7H2. The maximum absolute atomic E-state index is 11.5. The van der Waals surface area contributed by atoms with Crippen molar-refractivity contribution in [1.82, 2.24) is 9.55 Å². The molecule has 18 heavy (non-hydrogen) atoms. The number of hydrogen-bond donors (Lipinski definition) is 0. The number of rotatable bonds is 5. The summed E-state index contributed by atoms with van der Waals surface area (Å²) in [5.41, 5.74) is 0. The fourth-order valence-corrected chi connectivity index (χ4v) is 2.04. The van der Waals surface area contributed by atoms with E-state index in [0.717, 1.165) is 13.0 Å². The Labute approximate surface area is 106 Å². The molecule has 0 spiro atoms. The van der Waals surface area contributed by atoms with Gasteiger partial charge in [-0.05, 0) is 12.8 Å². The van der Waals surface area contributed by atoms with Crippen molar-refractivity contribution in [2.24, 2.45) is 10.9 Å². The Kier molecular flexibility index (Phi) is 4.39. The number of ketones is 2. The van der Waals surface area contributed by atoms with Crippen molar-refractivity contribution >= 4 is 17.8 Å². The summed E-state index contributed by atoms with van der Waals surface area (Å²) < 4.78 is 1.98. The summed E-state index contributed by atoms with van der Waals surface area (Å²) in [4.78, 5) is 31.2. The Balaban J connectivity index is 1.73. The fourth-order valence-electron chi connectivity index (χ4n) is 2.04. The van der Waals surface area contributed by atoms with Gasteiger partial charge in [-0.2, -0.15) is 0 Å². The highest BCUT2D eigenvalue weighted by molar-refractivity contribution is 6.15. The number of carbonyl (C=O) groups is 2. The quantitative estimate of drug-likeness (QED) is 0.447. The maximum Gasteiger partial charge on any atom is 0.148 e. The average Bonchev–Trinajstić information content (AvgIpc) is 2.85. The fraction of sp³-hybridized carbons (Fsp3) is 0.538. The maximum atomic E-state index is 11.5. The molecule has 1 aromatic heterocycles. The van der Waals surface area contributed by atoms with Crippen LogP contribution in [-0.2, 0) is 16.1 Å². The normalized spacial score (nSPS) is 17.8. The van der Waals surface area contributed by atoms with E-state index in [-0.39, 0.29) is 11.6 Å². The molecule has 0 radical (unpaired) electrons. The molecule has 2 rings (SSSR count). The van der Waals surface area contributed by atoms with Crippen LogP contribution in [0.5, 0.6) is 0 Å². The molecule has 0 bridgehead atoms. The molecule has 96 valence electrons. The van der Waals surface area contributed by atoms with Crippen LogP contribution in [0.3, 0.4) is 0 Å². The van der Waals surface area contributed by atoms with Crippen LogP contribution in [0, 0.1) is 5.92 Å². The number of aromatic nitrogens is 2. The Bertz CT molecular complexity index is 421. The molecular formula is C13H17N3O2. The predicted octanol–water partition coefficient (Wildman–Crippen LogP) is 1.28. The van der Waals surface area contributed by atoms with Crippen molar-refractivity contribution in [3.05, 3.63) is 18.7 Å². The van der Waals surface area contributed by atoms with E-state index in [0.29, 0.717) is 25.8 Å². The SMILES string of the molecule is O=C1CCCC(=O)C1C=NCCCn1ccnc1. The van der Waals surface area contributed by atoms with Crippen molar-refractivity contribution in [3.8, 4) is 0 Å². The summed E-state index contributed by atoms with van der Waals surface area (Å²) in [6.45, 7) is 1.49. The number of Topliss-reactive ketones (excluding diaryl/α,β-unsaturated/α-hetero) is 2. The third-order valence-corrected chi connectivity index (χ3v) is 3.06. The van der Waals surface area contributed by atoms with Crippen molar-refractivity contribution < 1.29 is 9.59 Å². The smallest absolute Gasteiger partial charge is 0.148 e. The summed E-state index contributed by atoms with van der Waals surface area (Å²) in [6, 6.07) is 0. The van der Waals surface area contributed by atoms with Gasteiger partial charge in [0.15, 0.2) is 0 Å². The van der Waals surface area contributed by atoms with E-state index >= 15 is 0 Å². The molecule has 0 atom stereocenters. The highest BCUT2D eigenvalue weighted by atomic mass is 16.2. The molecule has 1 aliphatic carbocycles. The van der Waals surface area contributed by atoms with Crippen LogP contribution in [-0.4, -0.2) is 33.9 Å². The van der Waals surface area contributed by atoms with Crippen LogP contribution in [0.25, 0.3) is 0 Å². The molecule has 5 nitrogen and oxygen atoms in total. The lowest BCUT2D eigenvalue weighted by Crippen LogP contribution is -2.29. The van der Waals surface area contributed by atoms with Crippen LogP contribution in [0.4, 0.5) is 0 Å². The second-order valence-corrected chi connectivity index (χ2v) is 4.47. The van der Waals surface area contributed by atoms with Crippen molar-refractivity contribution in [1.29, 1.82) is 0 Å². The third kappa shape index (κ3) is 3.35. The number of imidazole rings is 1. The Hall–Kier alpha value is -1.78. The molecule has 0 aliphatic heterocycles. The summed E-state index contributed by atoms with van der Waals surface area (Å²) in [5, 5.41) is 0. The molecular weight excluding hydrogens is 230 g/mol. The molecule has 0 saturated heterocycles. The number of carbonyl (C=O) groups excluding carboxylic acids is 2. The monoisotopic (exact) mass is 247 g/mol. The first-order valence-corrected chi connectivity index (χ1v) is 6.28. The second-order valence-electron chi connectivity index (χ2n) is 4.47. The molecule has 1 aromatic rings. The first-order chi connectivity index (χ1) is 8.77. The Morgan fingerprint density at radius 3 is 2.83 bits per heavy atom. The minimum Gasteiger partial charge on any atom is -0.337 e. The van der Waals surface area contributed by atoms with E-state index in [4.69, 9.17) is 0 Å². The predicted molar refractivity (Wildman–Crippen MR) is 67.6 cm³/mol. The Morgan fingerprint density at radius 2 is 2.17 bits per heavy atom. The lowest BCUT2D eigenvalue weighted by Gasteiger charge is -2.14. The zero-order valence-electron chi connectivity index (χ0n) is 10.3. The molecule has 1 saturated carbocycles. The van der Waals surface area contributed by atoms with E-state index in [2.05, 4.69) is 9.98 Å². The van der Waals surface area contributed by atoms with E-state index in [9.17, 15) is 9.59 Å². The minimum absolute atomic E-state index is 0.0182. The van der Waals surface area contributed by atoms with E-state index < -0.39 is 5.92 Å². The summed E-state index contributed by atoms with van der Waals surface area (Å²) in [5.74, 6) is -0.541. The highest BCUT2D eigenvalue weighted by Crippen LogP contribution is 2.15. The van der Waals surface area contributed by atoms with Gasteiger partial charge in [-0.15, -0.1) is 0 Å². The van der Waals surface area contributed by atoms with E-state index in [1.165, 1.54) is 6.21 Å². The van der Waals surface area contributed by atoms with Gasteiger partial charge in [-0.3, -0.25) is 14.6 Å². The van der Waals surface area contributed by atoms with Gasteiger partial charge in [0, 0.05) is 44.5 Å². The van der Waals surface area contributed by atoms with Crippen molar-refractivity contribution in [3.63, 3.8) is 0 Å². The van der Waals surface area contributed by atoms with Gasteiger partial charge in [0.25, 0.3) is 0 Å². The Morgan fingerprint density at radius 1 is 1.39 bits per heavy atom. The molecule has 1 aliphatic rings. The summed E-state index contributed by atoms with van der Waals surface area (Å²) in [7, 11) is 0. The summed E-state index contributed by atoms with van der Waals surface area (Å²) >= 11 is 0. The number of hydrogen-bond acceptors (Lipinski definition) is 4. The minimum atomic E-state index is -0.577. The zero-order chi connectivity index (χ0) is 12.8. The average molecular weight is 247 g/mol. The first kappa shape index (κ1) is 12.7. The third-order valence-electron chi connectivity index (χ3n) is 3.06. The van der Waals surface area contributed by atoms with Crippen LogP contribution in [0.2, 0.25) is 0 Å². The molecule has 0 N–H and O–H groups in total. The molecule has 0 aromatic carbocycles. The largest absolute Gasteiger partial charge is 0.337 e. The first-order valence-electron chi connectivity index (χ1n) is 6.28. The zero-order valence-corrected chi connectivity index (χ0v) is 10.3. The number of aliphatic imine (C=N–C) groups is 1. The molecule has 1 fully saturated rings. The van der Waals surface area contributed by atoms with Gasteiger partial charge >= 0.3 is 0 Å². The van der Waals surface area contributed by atoms with Gasteiger partial charge < -0.3 is 4.57 Å². The number of aryl methyl sites for hydroxylation is 1. The molecule has 0 amide bonds. The van der Waals surface area contributed by atoms with Gasteiger partial charge in [0.1, 0.15) is 17.5 Å². The number of nitrogens with zero attached hydrogens (tertiary/aromatic N) is 3. The van der Waals surface area contributed by atoms with E-state index in [1.54, 1.807) is 12.5 Å². The van der Waals surface area contributed by atoms with Crippen LogP contribution >= 0.6 is 0 Å². The van der Waals surface area contributed by atoms with Crippen LogP contribution < -0.4 is 0 Å². The molecule has 1 heterocycles. The summed E-state index contributed by atoms with van der Waals surface area (Å²) in [6.07, 6.45) is 9.54. The van der Waals surface area contributed by atoms with Gasteiger partial charge in [0.2, 0.25) is 0 Å². The van der Waals surface area contributed by atoms with Gasteiger partial charge in [-0.1, -0.05) is 0 Å². The van der Waals surface area contributed by atoms with Gasteiger partial charge in [0.05, 0.1) is 6.33 Å². The lowest BCUT2D eigenvalue weighted by molar-refractivity contribution is -0.132.